The van der Waals surface area contributed by atoms with Gasteiger partial charge in [0, 0.05) is 18.3 Å². The maximum absolute atomic E-state index is 12.1. The van der Waals surface area contributed by atoms with Crippen LogP contribution in [0.3, 0.4) is 0 Å². The van der Waals surface area contributed by atoms with E-state index in [0.717, 1.165) is 5.56 Å². The molecule has 7 heteroatoms. The van der Waals surface area contributed by atoms with Crippen LogP contribution in [0.1, 0.15) is 32.4 Å². The topological polar surface area (TPSA) is 75.6 Å². The number of H-pyrrole nitrogens is 1. The Labute approximate surface area is 122 Å². The minimum Gasteiger partial charge on any atom is -0.376 e. The molecule has 2 heterocycles. The van der Waals surface area contributed by atoms with Crippen molar-refractivity contribution in [2.45, 2.75) is 33.4 Å². The first kappa shape index (κ1) is 14.6. The summed E-state index contributed by atoms with van der Waals surface area (Å²) in [5.74, 6) is 0.333. The van der Waals surface area contributed by atoms with E-state index in [9.17, 15) is 4.79 Å². The van der Waals surface area contributed by atoms with Crippen molar-refractivity contribution in [1.29, 1.82) is 0 Å². The average molecular weight is 296 g/mol. The molecular weight excluding hydrogens is 278 g/mol. The maximum atomic E-state index is 12.1. The normalized spacial score (nSPS) is 12.7. The standard InChI is InChI=1S/C13H18ClN5O/c1-8(2)7-19-13(20)12(14)11(6-17-19)18-9(3)10-4-15-16-5-10/h4-6,8-9,18H,7H2,1-3H3,(H,15,16). The molecule has 0 aliphatic carbocycles. The molecule has 6 nitrogen and oxygen atoms in total. The van der Waals surface area contributed by atoms with E-state index in [1.807, 2.05) is 20.8 Å². The van der Waals surface area contributed by atoms with Gasteiger partial charge in [0.25, 0.3) is 5.56 Å². The summed E-state index contributed by atoms with van der Waals surface area (Å²) in [6, 6.07) is -0.0200. The summed E-state index contributed by atoms with van der Waals surface area (Å²) in [6.45, 7) is 6.56. The molecule has 20 heavy (non-hydrogen) atoms. The molecule has 1 unspecified atom stereocenters. The number of hydrogen-bond acceptors (Lipinski definition) is 4. The molecular formula is C13H18ClN5O. The Morgan fingerprint density at radius 1 is 1.40 bits per heavy atom. The van der Waals surface area contributed by atoms with E-state index in [4.69, 9.17) is 11.6 Å². The quantitative estimate of drug-likeness (QED) is 0.888. The van der Waals surface area contributed by atoms with Crippen molar-refractivity contribution < 1.29 is 0 Å². The maximum Gasteiger partial charge on any atom is 0.287 e. The van der Waals surface area contributed by atoms with Gasteiger partial charge >= 0.3 is 0 Å². The molecule has 1 atom stereocenters. The number of aromatic nitrogens is 4. The van der Waals surface area contributed by atoms with Gasteiger partial charge in [-0.3, -0.25) is 9.89 Å². The molecule has 0 aromatic carbocycles. The van der Waals surface area contributed by atoms with Crippen LogP contribution in [-0.4, -0.2) is 20.0 Å². The van der Waals surface area contributed by atoms with Crippen molar-refractivity contribution in [2.75, 3.05) is 5.32 Å². The van der Waals surface area contributed by atoms with Gasteiger partial charge in [-0.25, -0.2) is 4.68 Å². The number of halogens is 1. The van der Waals surface area contributed by atoms with E-state index in [-0.39, 0.29) is 16.6 Å². The molecule has 0 amide bonds. The monoisotopic (exact) mass is 295 g/mol. The zero-order valence-electron chi connectivity index (χ0n) is 11.7. The Morgan fingerprint density at radius 2 is 2.15 bits per heavy atom. The molecule has 2 N–H and O–H groups in total. The predicted molar refractivity (Wildman–Crippen MR) is 79.0 cm³/mol. The van der Waals surface area contributed by atoms with Crippen molar-refractivity contribution in [1.82, 2.24) is 20.0 Å². The Bertz CT molecular complexity index is 620. The van der Waals surface area contributed by atoms with Gasteiger partial charge in [-0.2, -0.15) is 10.2 Å². The lowest BCUT2D eigenvalue weighted by molar-refractivity contribution is 0.464. The Balaban J connectivity index is 2.21. The molecule has 0 fully saturated rings. The number of rotatable bonds is 5. The van der Waals surface area contributed by atoms with Crippen LogP contribution in [0.4, 0.5) is 5.69 Å². The molecule has 2 aromatic rings. The fourth-order valence-corrected chi connectivity index (χ4v) is 2.06. The summed E-state index contributed by atoms with van der Waals surface area (Å²) in [5.41, 5.74) is 1.24. The lowest BCUT2D eigenvalue weighted by Gasteiger charge is -2.15. The third kappa shape index (κ3) is 3.19. The van der Waals surface area contributed by atoms with Crippen molar-refractivity contribution >= 4 is 17.3 Å². The fraction of sp³-hybridized carbons (Fsp3) is 0.462. The minimum atomic E-state index is -0.273. The van der Waals surface area contributed by atoms with Gasteiger partial charge in [-0.15, -0.1) is 0 Å². The summed E-state index contributed by atoms with van der Waals surface area (Å²) in [7, 11) is 0. The predicted octanol–water partition coefficient (Wildman–Crippen LogP) is 2.45. The first-order chi connectivity index (χ1) is 9.49. The number of aromatic amines is 1. The summed E-state index contributed by atoms with van der Waals surface area (Å²) in [6.07, 6.45) is 5.10. The summed E-state index contributed by atoms with van der Waals surface area (Å²) >= 11 is 6.13. The average Bonchev–Trinajstić information content (AvgIpc) is 2.92. The molecule has 108 valence electrons. The van der Waals surface area contributed by atoms with Crippen LogP contribution >= 0.6 is 11.6 Å². The lowest BCUT2D eigenvalue weighted by Crippen LogP contribution is -2.26. The van der Waals surface area contributed by atoms with Gasteiger partial charge in [0.15, 0.2) is 0 Å². The fourth-order valence-electron chi connectivity index (χ4n) is 1.86. The molecule has 0 aliphatic rings. The van der Waals surface area contributed by atoms with E-state index >= 15 is 0 Å². The molecule has 0 spiro atoms. The van der Waals surface area contributed by atoms with Gasteiger partial charge in [0.05, 0.1) is 24.1 Å². The zero-order chi connectivity index (χ0) is 14.7. The van der Waals surface area contributed by atoms with Crippen molar-refractivity contribution in [3.8, 4) is 0 Å². The Hall–Kier alpha value is -1.82. The molecule has 0 bridgehead atoms. The van der Waals surface area contributed by atoms with E-state index in [1.165, 1.54) is 4.68 Å². The number of nitrogens with one attached hydrogen (secondary N) is 2. The van der Waals surface area contributed by atoms with Gasteiger partial charge in [0.2, 0.25) is 0 Å². The van der Waals surface area contributed by atoms with E-state index in [0.29, 0.717) is 18.2 Å². The van der Waals surface area contributed by atoms with Crippen LogP contribution in [-0.2, 0) is 6.54 Å². The number of nitrogens with zero attached hydrogens (tertiary/aromatic N) is 3. The molecule has 2 rings (SSSR count). The van der Waals surface area contributed by atoms with Crippen LogP contribution in [0.15, 0.2) is 23.4 Å². The number of anilines is 1. The summed E-state index contributed by atoms with van der Waals surface area (Å²) in [5, 5.41) is 14.1. The van der Waals surface area contributed by atoms with Crippen molar-refractivity contribution in [2.24, 2.45) is 5.92 Å². The van der Waals surface area contributed by atoms with E-state index < -0.39 is 0 Å². The molecule has 0 aliphatic heterocycles. The highest BCUT2D eigenvalue weighted by Crippen LogP contribution is 2.22. The Morgan fingerprint density at radius 3 is 2.75 bits per heavy atom. The van der Waals surface area contributed by atoms with Crippen LogP contribution in [0.2, 0.25) is 5.02 Å². The highest BCUT2D eigenvalue weighted by molar-refractivity contribution is 6.32. The van der Waals surface area contributed by atoms with Gasteiger partial charge in [-0.1, -0.05) is 25.4 Å². The van der Waals surface area contributed by atoms with Crippen LogP contribution in [0.25, 0.3) is 0 Å². The van der Waals surface area contributed by atoms with Crippen LogP contribution in [0.5, 0.6) is 0 Å². The second-order valence-corrected chi connectivity index (χ2v) is 5.53. The first-order valence-electron chi connectivity index (χ1n) is 6.50. The highest BCUT2D eigenvalue weighted by Gasteiger charge is 2.13. The zero-order valence-corrected chi connectivity index (χ0v) is 12.5. The summed E-state index contributed by atoms with van der Waals surface area (Å²) in [4.78, 5) is 12.1. The SMILES string of the molecule is CC(C)Cn1ncc(NC(C)c2cn[nH]c2)c(Cl)c1=O. The molecule has 0 radical (unpaired) electrons. The van der Waals surface area contributed by atoms with Crippen molar-refractivity contribution in [3.05, 3.63) is 39.5 Å². The third-order valence-corrected chi connectivity index (χ3v) is 3.28. The minimum absolute atomic E-state index is 0.0200. The van der Waals surface area contributed by atoms with Gasteiger partial charge in [0.1, 0.15) is 5.02 Å². The van der Waals surface area contributed by atoms with Crippen molar-refractivity contribution in [3.63, 3.8) is 0 Å². The van der Waals surface area contributed by atoms with Crippen LogP contribution in [0, 0.1) is 5.92 Å². The second-order valence-electron chi connectivity index (χ2n) is 5.15. The smallest absolute Gasteiger partial charge is 0.287 e. The Kier molecular flexibility index (Phi) is 4.44. The largest absolute Gasteiger partial charge is 0.376 e. The van der Waals surface area contributed by atoms with Gasteiger partial charge in [-0.05, 0) is 12.8 Å². The van der Waals surface area contributed by atoms with E-state index in [1.54, 1.807) is 18.6 Å². The van der Waals surface area contributed by atoms with Crippen LogP contribution < -0.4 is 10.9 Å². The molecule has 0 saturated carbocycles. The number of hydrogen-bond donors (Lipinski definition) is 2. The summed E-state index contributed by atoms with van der Waals surface area (Å²) < 4.78 is 1.39. The van der Waals surface area contributed by atoms with E-state index in [2.05, 4.69) is 20.6 Å². The first-order valence-corrected chi connectivity index (χ1v) is 6.87. The molecule has 0 saturated heterocycles. The highest BCUT2D eigenvalue weighted by atomic mass is 35.5. The second kappa shape index (κ2) is 6.09. The third-order valence-electron chi connectivity index (χ3n) is 2.91. The van der Waals surface area contributed by atoms with Gasteiger partial charge < -0.3 is 5.32 Å². The molecule has 2 aromatic heterocycles. The lowest BCUT2D eigenvalue weighted by atomic mass is 10.2.